The molecule has 0 bridgehead atoms. The van der Waals surface area contributed by atoms with E-state index in [0.717, 1.165) is 54.9 Å². The lowest BCUT2D eigenvalue weighted by Crippen LogP contribution is -2.49. The molecule has 4 heterocycles. The number of fused-ring (bicyclic) bond motifs is 2. The number of rotatable bonds is 4. The molecule has 1 fully saturated rings. The molecule has 39 heavy (non-hydrogen) atoms. The molecule has 2 aromatic carbocycles. The number of carbonyl (C=O) groups is 2. The van der Waals surface area contributed by atoms with E-state index in [9.17, 15) is 14.0 Å². The van der Waals surface area contributed by atoms with Crippen molar-refractivity contribution in [1.82, 2.24) is 19.8 Å². The van der Waals surface area contributed by atoms with Gasteiger partial charge in [-0.15, -0.1) is 0 Å². The van der Waals surface area contributed by atoms with Crippen molar-refractivity contribution in [3.63, 3.8) is 0 Å². The number of nitrogens with one attached hydrogen (secondary N) is 1. The van der Waals surface area contributed by atoms with Gasteiger partial charge in [-0.2, -0.15) is 0 Å². The van der Waals surface area contributed by atoms with Gasteiger partial charge >= 0.3 is 6.03 Å². The first kappa shape index (κ1) is 25.1. The van der Waals surface area contributed by atoms with Gasteiger partial charge in [-0.25, -0.2) is 19.2 Å². The fourth-order valence-electron chi connectivity index (χ4n) is 5.85. The molecule has 9 nitrogen and oxygen atoms in total. The van der Waals surface area contributed by atoms with Crippen LogP contribution in [0.1, 0.15) is 40.0 Å². The van der Waals surface area contributed by atoms with Crippen LogP contribution in [-0.4, -0.2) is 71.0 Å². The van der Waals surface area contributed by atoms with Crippen LogP contribution < -0.4 is 15.0 Å². The molecule has 1 N–H and O–H groups in total. The molecule has 6 rings (SSSR count). The second-order valence-corrected chi connectivity index (χ2v) is 10.2. The molecule has 0 spiro atoms. The minimum absolute atomic E-state index is 0.0738. The third-order valence-electron chi connectivity index (χ3n) is 8.03. The Labute approximate surface area is 226 Å². The van der Waals surface area contributed by atoms with E-state index in [0.29, 0.717) is 43.1 Å². The van der Waals surface area contributed by atoms with Crippen molar-refractivity contribution in [2.45, 2.75) is 38.3 Å². The van der Waals surface area contributed by atoms with Gasteiger partial charge in [-0.05, 0) is 66.6 Å². The Kier molecular flexibility index (Phi) is 6.76. The smallest absolute Gasteiger partial charge is 0.322 e. The zero-order valence-corrected chi connectivity index (χ0v) is 21.9. The van der Waals surface area contributed by atoms with Crippen LogP contribution in [0.3, 0.4) is 0 Å². The number of nitrogens with zero attached hydrogens (tertiary/aromatic N) is 5. The first-order valence-corrected chi connectivity index (χ1v) is 13.4. The van der Waals surface area contributed by atoms with Crippen LogP contribution in [0.25, 0.3) is 0 Å². The molecule has 1 aromatic heterocycles. The normalized spacial score (nSPS) is 17.7. The van der Waals surface area contributed by atoms with Crippen LogP contribution in [0.4, 0.5) is 20.7 Å². The average Bonchev–Trinajstić information content (AvgIpc) is 3.14. The van der Waals surface area contributed by atoms with Gasteiger partial charge in [0.1, 0.15) is 29.4 Å². The summed E-state index contributed by atoms with van der Waals surface area (Å²) in [5.74, 6) is 1.09. The van der Waals surface area contributed by atoms with E-state index in [4.69, 9.17) is 4.74 Å². The zero-order valence-electron chi connectivity index (χ0n) is 21.9. The molecule has 0 atom stereocenters. The van der Waals surface area contributed by atoms with E-state index in [1.807, 2.05) is 29.2 Å². The van der Waals surface area contributed by atoms with Gasteiger partial charge in [0.2, 0.25) is 0 Å². The number of aromatic nitrogens is 2. The number of hydrogen-bond donors (Lipinski definition) is 1. The largest absolute Gasteiger partial charge is 0.497 e. The molecule has 3 aliphatic rings. The van der Waals surface area contributed by atoms with Gasteiger partial charge < -0.3 is 24.8 Å². The highest BCUT2D eigenvalue weighted by Gasteiger charge is 2.31. The van der Waals surface area contributed by atoms with Crippen molar-refractivity contribution in [3.05, 3.63) is 77.0 Å². The second-order valence-electron chi connectivity index (χ2n) is 10.2. The van der Waals surface area contributed by atoms with Crippen LogP contribution in [0.15, 0.2) is 48.8 Å². The second kappa shape index (κ2) is 10.5. The highest BCUT2D eigenvalue weighted by atomic mass is 19.1. The number of benzene rings is 2. The quantitative estimate of drug-likeness (QED) is 0.551. The van der Waals surface area contributed by atoms with E-state index in [2.05, 4.69) is 20.2 Å². The monoisotopic (exact) mass is 530 g/mol. The maximum atomic E-state index is 14.1. The molecule has 1 saturated heterocycles. The Morgan fingerprint density at radius 3 is 2.69 bits per heavy atom. The summed E-state index contributed by atoms with van der Waals surface area (Å²) in [5.41, 5.74) is 3.77. The van der Waals surface area contributed by atoms with Crippen molar-refractivity contribution in [2.75, 3.05) is 43.5 Å². The predicted octanol–water partition coefficient (Wildman–Crippen LogP) is 3.88. The number of piperidine rings is 1. The fraction of sp³-hybridized carbons (Fsp3) is 0.379. The molecule has 3 aromatic rings. The number of halogens is 1. The van der Waals surface area contributed by atoms with Crippen molar-refractivity contribution >= 4 is 23.4 Å². The SMILES string of the molecule is COc1ccc2c(c1)CCN(C1CCN(c3cc(C(=O)N4CCc5c(F)cccc5C4)ncn3)CC1)C(=O)N2. The standard InChI is InChI=1S/C29H31FN6O3/c1-39-22-5-6-25-19(15-22)7-14-36(29(38)33-25)21-8-11-34(12-9-21)27-16-26(31-18-32-27)28(37)35-13-10-23-20(17-35)3-2-4-24(23)30/h2-6,15-16,18,21H,7-14,17H2,1H3,(H,33,38). The summed E-state index contributed by atoms with van der Waals surface area (Å²) in [4.78, 5) is 40.8. The Hall–Kier alpha value is -4.21. The fourth-order valence-corrected chi connectivity index (χ4v) is 5.85. The van der Waals surface area contributed by atoms with Gasteiger partial charge in [0.05, 0.1) is 7.11 Å². The molecule has 0 saturated carbocycles. The molecule has 3 amide bonds. The third kappa shape index (κ3) is 4.98. The number of anilines is 2. The Morgan fingerprint density at radius 1 is 1.03 bits per heavy atom. The maximum Gasteiger partial charge on any atom is 0.322 e. The number of ether oxygens (including phenoxy) is 1. The number of methoxy groups -OCH3 is 1. The molecule has 3 aliphatic heterocycles. The molecule has 202 valence electrons. The predicted molar refractivity (Wildman–Crippen MR) is 145 cm³/mol. The van der Waals surface area contributed by atoms with E-state index in [1.165, 1.54) is 12.4 Å². The minimum atomic E-state index is -0.213. The Balaban J connectivity index is 1.09. The molecular formula is C29H31FN6O3. The first-order chi connectivity index (χ1) is 19.0. The van der Waals surface area contributed by atoms with E-state index >= 15 is 0 Å². The van der Waals surface area contributed by atoms with Crippen LogP contribution >= 0.6 is 0 Å². The van der Waals surface area contributed by atoms with Crippen molar-refractivity contribution in [1.29, 1.82) is 0 Å². The van der Waals surface area contributed by atoms with Gasteiger partial charge in [0, 0.05) is 50.5 Å². The lowest BCUT2D eigenvalue weighted by molar-refractivity contribution is 0.0727. The van der Waals surface area contributed by atoms with Crippen LogP contribution in [0, 0.1) is 5.82 Å². The number of amides is 3. The summed E-state index contributed by atoms with van der Waals surface area (Å²) in [6, 6.07) is 12.5. The highest BCUT2D eigenvalue weighted by molar-refractivity contribution is 5.93. The molecule has 0 radical (unpaired) electrons. The zero-order chi connectivity index (χ0) is 26.9. The van der Waals surface area contributed by atoms with Gasteiger partial charge in [-0.3, -0.25) is 4.79 Å². The number of carbonyl (C=O) groups excluding carboxylic acids is 2. The summed E-state index contributed by atoms with van der Waals surface area (Å²) in [5, 5.41) is 3.06. The number of urea groups is 1. The van der Waals surface area contributed by atoms with E-state index in [1.54, 1.807) is 24.1 Å². The summed E-state index contributed by atoms with van der Waals surface area (Å²) in [6.07, 6.45) is 4.28. The number of hydrogen-bond acceptors (Lipinski definition) is 6. The molecule has 10 heteroatoms. The summed E-state index contributed by atoms with van der Waals surface area (Å²) < 4.78 is 19.4. The van der Waals surface area contributed by atoms with Gasteiger partial charge in [0.15, 0.2) is 0 Å². The van der Waals surface area contributed by atoms with Crippen LogP contribution in [-0.2, 0) is 19.4 Å². The van der Waals surface area contributed by atoms with Crippen LogP contribution in [0.5, 0.6) is 5.75 Å². The third-order valence-corrected chi connectivity index (χ3v) is 8.03. The van der Waals surface area contributed by atoms with Crippen molar-refractivity contribution < 1.29 is 18.7 Å². The van der Waals surface area contributed by atoms with Crippen molar-refractivity contribution in [3.8, 4) is 5.75 Å². The average molecular weight is 531 g/mol. The highest BCUT2D eigenvalue weighted by Crippen LogP contribution is 2.29. The van der Waals surface area contributed by atoms with E-state index < -0.39 is 0 Å². The Morgan fingerprint density at radius 2 is 1.87 bits per heavy atom. The lowest BCUT2D eigenvalue weighted by Gasteiger charge is -2.38. The summed E-state index contributed by atoms with van der Waals surface area (Å²) >= 11 is 0. The summed E-state index contributed by atoms with van der Waals surface area (Å²) in [7, 11) is 1.64. The van der Waals surface area contributed by atoms with Gasteiger partial charge in [-0.1, -0.05) is 12.1 Å². The van der Waals surface area contributed by atoms with E-state index in [-0.39, 0.29) is 23.8 Å². The van der Waals surface area contributed by atoms with Crippen molar-refractivity contribution in [2.24, 2.45) is 0 Å². The topological polar surface area (TPSA) is 90.9 Å². The molecule has 0 aliphatic carbocycles. The molecular weight excluding hydrogens is 499 g/mol. The lowest BCUT2D eigenvalue weighted by atomic mass is 9.99. The summed E-state index contributed by atoms with van der Waals surface area (Å²) in [6.45, 7) is 2.90. The maximum absolute atomic E-state index is 14.1. The minimum Gasteiger partial charge on any atom is -0.497 e. The molecule has 0 unspecified atom stereocenters. The van der Waals surface area contributed by atoms with Crippen LogP contribution in [0.2, 0.25) is 0 Å². The Bertz CT molecular complexity index is 1410. The van der Waals surface area contributed by atoms with Gasteiger partial charge in [0.25, 0.3) is 5.91 Å². The first-order valence-electron chi connectivity index (χ1n) is 13.4.